The number of carbonyl (C=O) groups excluding carboxylic acids is 1. The maximum Gasteiger partial charge on any atom is 0.410 e. The highest BCUT2D eigenvalue weighted by atomic mass is 32.1. The van der Waals surface area contributed by atoms with Gasteiger partial charge in [0.2, 0.25) is 0 Å². The lowest BCUT2D eigenvalue weighted by atomic mass is 10.1. The molecule has 0 radical (unpaired) electrons. The lowest BCUT2D eigenvalue weighted by Crippen LogP contribution is -2.40. The average molecular weight is 340 g/mol. The largest absolute Gasteiger partial charge is 0.480 e. The maximum absolute atomic E-state index is 12.2. The quantitative estimate of drug-likeness (QED) is 0.916. The van der Waals surface area contributed by atoms with Gasteiger partial charge in [0.05, 0.1) is 0 Å². The number of hydrogen-bond acceptors (Lipinski definition) is 5. The van der Waals surface area contributed by atoms with Crippen LogP contribution in [0.3, 0.4) is 0 Å². The molecule has 1 aliphatic rings. The van der Waals surface area contributed by atoms with Gasteiger partial charge >= 0.3 is 12.1 Å². The number of carboxylic acid groups (broad SMARTS) is 1. The van der Waals surface area contributed by atoms with Crippen LogP contribution in [0.5, 0.6) is 0 Å². The third-order valence-electron chi connectivity index (χ3n) is 3.64. The van der Waals surface area contributed by atoms with Gasteiger partial charge in [0, 0.05) is 26.2 Å². The molecule has 0 aliphatic carbocycles. The molecular weight excluding hydrogens is 316 g/mol. The lowest BCUT2D eigenvalue weighted by molar-refractivity contribution is -0.143. The smallest absolute Gasteiger partial charge is 0.410 e. The lowest BCUT2D eigenvalue weighted by Gasteiger charge is -2.28. The third-order valence-corrected chi connectivity index (χ3v) is 4.34. The van der Waals surface area contributed by atoms with Crippen LogP contribution in [0, 0.1) is 0 Å². The minimum atomic E-state index is -0.853. The molecule has 0 unspecified atom stereocenters. The van der Waals surface area contributed by atoms with Gasteiger partial charge < -0.3 is 14.7 Å². The summed E-state index contributed by atoms with van der Waals surface area (Å²) in [6.45, 7) is 7.74. The molecule has 128 valence electrons. The van der Waals surface area contributed by atoms with Crippen molar-refractivity contribution in [1.82, 2.24) is 9.80 Å². The van der Waals surface area contributed by atoms with Crippen molar-refractivity contribution in [2.24, 2.45) is 0 Å². The minimum absolute atomic E-state index is 0.332. The molecule has 0 saturated carbocycles. The third kappa shape index (κ3) is 4.94. The molecule has 1 aliphatic heterocycles. The van der Waals surface area contributed by atoms with E-state index in [1.807, 2.05) is 42.5 Å². The summed E-state index contributed by atoms with van der Waals surface area (Å²) in [6.07, 6.45) is 0.398. The van der Waals surface area contributed by atoms with Gasteiger partial charge in [0.25, 0.3) is 0 Å². The van der Waals surface area contributed by atoms with Crippen molar-refractivity contribution in [1.29, 1.82) is 0 Å². The highest BCUT2D eigenvalue weighted by Crippen LogP contribution is 2.25. The van der Waals surface area contributed by atoms with Crippen LogP contribution >= 0.6 is 11.3 Å². The van der Waals surface area contributed by atoms with Crippen molar-refractivity contribution in [3.05, 3.63) is 22.4 Å². The van der Waals surface area contributed by atoms with Crippen molar-refractivity contribution < 1.29 is 19.4 Å². The number of aliphatic carboxylic acids is 1. The SMILES string of the molecule is CC(C)(C)OC(=O)N1CCCN([C@@H](C(=O)O)c2ccsc2)CC1. The Labute approximate surface area is 140 Å². The Morgan fingerprint density at radius 2 is 2.00 bits per heavy atom. The first kappa shape index (κ1) is 17.7. The van der Waals surface area contributed by atoms with E-state index in [2.05, 4.69) is 0 Å². The zero-order valence-corrected chi connectivity index (χ0v) is 14.6. The van der Waals surface area contributed by atoms with Crippen molar-refractivity contribution in [3.8, 4) is 0 Å². The Balaban J connectivity index is 2.02. The summed E-state index contributed by atoms with van der Waals surface area (Å²) in [6, 6.07) is 1.19. The minimum Gasteiger partial charge on any atom is -0.480 e. The van der Waals surface area contributed by atoms with E-state index in [0.717, 1.165) is 12.0 Å². The Morgan fingerprint density at radius 1 is 1.26 bits per heavy atom. The van der Waals surface area contributed by atoms with Crippen LogP contribution in [0.15, 0.2) is 16.8 Å². The Morgan fingerprint density at radius 3 is 2.57 bits per heavy atom. The van der Waals surface area contributed by atoms with Gasteiger partial charge in [-0.2, -0.15) is 11.3 Å². The van der Waals surface area contributed by atoms with Gasteiger partial charge in [-0.05, 0) is 49.6 Å². The molecular formula is C16H24N2O4S. The van der Waals surface area contributed by atoms with Crippen LogP contribution in [0.2, 0.25) is 0 Å². The summed E-state index contributed by atoms with van der Waals surface area (Å²) in [4.78, 5) is 27.4. The second kappa shape index (κ2) is 7.31. The monoisotopic (exact) mass is 340 g/mol. The van der Waals surface area contributed by atoms with Crippen LogP contribution < -0.4 is 0 Å². The van der Waals surface area contributed by atoms with Crippen LogP contribution in [-0.2, 0) is 9.53 Å². The molecule has 2 heterocycles. The fourth-order valence-electron chi connectivity index (χ4n) is 2.64. The number of carboxylic acids is 1. The van der Waals surface area contributed by atoms with Gasteiger partial charge in [-0.25, -0.2) is 4.79 Å². The van der Waals surface area contributed by atoms with E-state index in [4.69, 9.17) is 4.74 Å². The zero-order valence-electron chi connectivity index (χ0n) is 13.8. The fraction of sp³-hybridized carbons (Fsp3) is 0.625. The molecule has 6 nitrogen and oxygen atoms in total. The van der Waals surface area contributed by atoms with Crippen molar-refractivity contribution >= 4 is 23.4 Å². The van der Waals surface area contributed by atoms with Gasteiger partial charge in [0.15, 0.2) is 0 Å². The van der Waals surface area contributed by atoms with E-state index in [-0.39, 0.29) is 6.09 Å². The first-order valence-electron chi connectivity index (χ1n) is 7.75. The standard InChI is InChI=1S/C16H24N2O4S/c1-16(2,3)22-15(21)18-7-4-6-17(8-9-18)13(14(19)20)12-5-10-23-11-12/h5,10-11,13H,4,6-9H2,1-3H3,(H,19,20)/t13-/m1/s1. The molecule has 7 heteroatoms. The highest BCUT2D eigenvalue weighted by molar-refractivity contribution is 7.08. The summed E-state index contributed by atoms with van der Waals surface area (Å²) < 4.78 is 5.40. The maximum atomic E-state index is 12.2. The van der Waals surface area contributed by atoms with Gasteiger partial charge in [-0.1, -0.05) is 0 Å². The van der Waals surface area contributed by atoms with Gasteiger partial charge in [0.1, 0.15) is 11.6 Å². The molecule has 23 heavy (non-hydrogen) atoms. The Bertz CT molecular complexity index is 539. The predicted molar refractivity (Wildman–Crippen MR) is 88.7 cm³/mol. The highest BCUT2D eigenvalue weighted by Gasteiger charge is 2.31. The summed E-state index contributed by atoms with van der Waals surface area (Å²) >= 11 is 1.49. The number of hydrogen-bond donors (Lipinski definition) is 1. The molecule has 0 spiro atoms. The van der Waals surface area contributed by atoms with E-state index in [1.54, 1.807) is 4.90 Å². The molecule has 0 bridgehead atoms. The van der Waals surface area contributed by atoms with Gasteiger partial charge in [-0.3, -0.25) is 9.69 Å². The van der Waals surface area contributed by atoms with Crippen molar-refractivity contribution in [2.75, 3.05) is 26.2 Å². The van der Waals surface area contributed by atoms with E-state index in [1.165, 1.54) is 11.3 Å². The van der Waals surface area contributed by atoms with Crippen LogP contribution in [-0.4, -0.2) is 58.7 Å². The summed E-state index contributed by atoms with van der Waals surface area (Å²) in [5.74, 6) is -0.853. The predicted octanol–water partition coefficient (Wildman–Crippen LogP) is 2.82. The molecule has 1 amide bonds. The first-order valence-corrected chi connectivity index (χ1v) is 8.69. The molecule has 1 atom stereocenters. The van der Waals surface area contributed by atoms with Gasteiger partial charge in [-0.15, -0.1) is 0 Å². The Hall–Kier alpha value is -1.60. The number of carbonyl (C=O) groups is 2. The second-order valence-corrected chi connectivity index (χ2v) is 7.43. The van der Waals surface area contributed by atoms with Crippen LogP contribution in [0.4, 0.5) is 4.79 Å². The normalized spacial score (nSPS) is 18.3. The molecule has 1 fully saturated rings. The van der Waals surface area contributed by atoms with E-state index >= 15 is 0 Å². The van der Waals surface area contributed by atoms with E-state index < -0.39 is 17.6 Å². The van der Waals surface area contributed by atoms with Crippen molar-refractivity contribution in [2.45, 2.75) is 38.8 Å². The molecule has 0 aromatic carbocycles. The summed E-state index contributed by atoms with van der Waals surface area (Å²) in [5.41, 5.74) is 0.275. The van der Waals surface area contributed by atoms with Crippen LogP contribution in [0.1, 0.15) is 38.8 Å². The number of amides is 1. The Kier molecular flexibility index (Phi) is 5.64. The molecule has 1 saturated heterocycles. The van der Waals surface area contributed by atoms with Crippen LogP contribution in [0.25, 0.3) is 0 Å². The van der Waals surface area contributed by atoms with Crippen molar-refractivity contribution in [3.63, 3.8) is 0 Å². The topological polar surface area (TPSA) is 70.1 Å². The molecule has 2 rings (SSSR count). The summed E-state index contributed by atoms with van der Waals surface area (Å²) in [7, 11) is 0. The molecule has 1 N–H and O–H groups in total. The molecule has 1 aromatic rings. The molecule has 1 aromatic heterocycles. The number of ether oxygens (including phenoxy) is 1. The average Bonchev–Trinajstić information content (AvgIpc) is 2.81. The number of rotatable bonds is 3. The van der Waals surface area contributed by atoms with E-state index in [0.29, 0.717) is 26.2 Å². The summed E-state index contributed by atoms with van der Waals surface area (Å²) in [5, 5.41) is 13.3. The number of thiophene rings is 1. The fourth-order valence-corrected chi connectivity index (χ4v) is 3.32. The van der Waals surface area contributed by atoms with E-state index in [9.17, 15) is 14.7 Å². The first-order chi connectivity index (χ1) is 10.8. The number of nitrogens with zero attached hydrogens (tertiary/aromatic N) is 2. The zero-order chi connectivity index (χ0) is 17.0. The second-order valence-electron chi connectivity index (χ2n) is 6.65.